The molecule has 0 aliphatic rings. The number of carbonyl (C=O) groups excluding carboxylic acids is 1. The van der Waals surface area contributed by atoms with Gasteiger partial charge in [0.15, 0.2) is 0 Å². The molecule has 0 bridgehead atoms. The summed E-state index contributed by atoms with van der Waals surface area (Å²) in [4.78, 5) is 11.2. The van der Waals surface area contributed by atoms with Crippen LogP contribution in [0.1, 0.15) is 5.56 Å². The molecule has 6 heteroatoms. The number of hydrogen-bond donors (Lipinski definition) is 2. The number of hydrogen-bond acceptors (Lipinski definition) is 3. The highest BCUT2D eigenvalue weighted by Crippen LogP contribution is 2.00. The van der Waals surface area contributed by atoms with Crippen molar-refractivity contribution in [2.75, 3.05) is 12.3 Å². The summed E-state index contributed by atoms with van der Waals surface area (Å²) >= 11 is 0. The van der Waals surface area contributed by atoms with Crippen LogP contribution in [-0.4, -0.2) is 31.2 Å². The van der Waals surface area contributed by atoms with Crippen molar-refractivity contribution in [1.29, 1.82) is 0 Å². The minimum atomic E-state index is -4.03. The third-order valence-electron chi connectivity index (χ3n) is 1.89. The van der Waals surface area contributed by atoms with Gasteiger partial charge in [0.2, 0.25) is 5.91 Å². The molecular weight excluding hydrogens is 242 g/mol. The van der Waals surface area contributed by atoms with E-state index in [4.69, 9.17) is 4.55 Å². The predicted octanol–water partition coefficient (Wildman–Crippen LogP) is 0.704. The van der Waals surface area contributed by atoms with E-state index in [9.17, 15) is 13.2 Å². The van der Waals surface area contributed by atoms with Gasteiger partial charge in [0, 0.05) is 12.6 Å². The maximum absolute atomic E-state index is 11.2. The lowest BCUT2D eigenvalue weighted by Gasteiger charge is -1.99. The second-order valence-corrected chi connectivity index (χ2v) is 4.89. The Labute approximate surface area is 99.9 Å². The molecule has 0 atom stereocenters. The molecule has 1 aromatic carbocycles. The second kappa shape index (κ2) is 6.17. The first-order chi connectivity index (χ1) is 7.97. The fraction of sp³-hybridized carbons (Fsp3) is 0.182. The fourth-order valence-corrected chi connectivity index (χ4v) is 1.46. The van der Waals surface area contributed by atoms with Crippen LogP contribution < -0.4 is 5.32 Å². The minimum Gasteiger partial charge on any atom is -0.351 e. The number of benzene rings is 1. The van der Waals surface area contributed by atoms with E-state index in [2.05, 4.69) is 5.32 Å². The molecule has 0 fully saturated rings. The summed E-state index contributed by atoms with van der Waals surface area (Å²) in [5.74, 6) is -0.893. The molecule has 0 heterocycles. The molecule has 1 rings (SSSR count). The monoisotopic (exact) mass is 255 g/mol. The first-order valence-corrected chi connectivity index (χ1v) is 6.54. The SMILES string of the molecule is O=C(C=Cc1ccccc1)NCCS(=O)(=O)O. The lowest BCUT2D eigenvalue weighted by Crippen LogP contribution is -2.27. The molecule has 0 saturated heterocycles. The summed E-state index contributed by atoms with van der Waals surface area (Å²) < 4.78 is 29.2. The summed E-state index contributed by atoms with van der Waals surface area (Å²) in [6.07, 6.45) is 2.92. The highest BCUT2D eigenvalue weighted by molar-refractivity contribution is 7.85. The van der Waals surface area contributed by atoms with Crippen molar-refractivity contribution in [2.24, 2.45) is 0 Å². The lowest BCUT2D eigenvalue weighted by molar-refractivity contribution is -0.116. The number of amides is 1. The molecule has 92 valence electrons. The van der Waals surface area contributed by atoms with Gasteiger partial charge >= 0.3 is 0 Å². The first kappa shape index (κ1) is 13.4. The topological polar surface area (TPSA) is 83.5 Å². The summed E-state index contributed by atoms with van der Waals surface area (Å²) in [6, 6.07) is 9.22. The number of carbonyl (C=O) groups is 1. The van der Waals surface area contributed by atoms with Crippen molar-refractivity contribution in [2.45, 2.75) is 0 Å². The van der Waals surface area contributed by atoms with Gasteiger partial charge in [0.25, 0.3) is 10.1 Å². The quantitative estimate of drug-likeness (QED) is 0.599. The molecule has 0 unspecified atom stereocenters. The normalized spacial score (nSPS) is 11.6. The van der Waals surface area contributed by atoms with E-state index in [0.717, 1.165) is 5.56 Å². The van der Waals surface area contributed by atoms with Gasteiger partial charge in [-0.15, -0.1) is 0 Å². The third kappa shape index (κ3) is 6.49. The smallest absolute Gasteiger partial charge is 0.266 e. The number of nitrogens with one attached hydrogen (secondary N) is 1. The average molecular weight is 255 g/mol. The molecule has 1 amide bonds. The van der Waals surface area contributed by atoms with Crippen LogP contribution in [-0.2, 0) is 14.9 Å². The maximum atomic E-state index is 11.2. The van der Waals surface area contributed by atoms with E-state index < -0.39 is 21.8 Å². The van der Waals surface area contributed by atoms with Gasteiger partial charge in [0.1, 0.15) is 0 Å². The Bertz CT molecular complexity index is 493. The van der Waals surface area contributed by atoms with Crippen LogP contribution in [0.4, 0.5) is 0 Å². The van der Waals surface area contributed by atoms with Crippen molar-refractivity contribution in [3.8, 4) is 0 Å². The maximum Gasteiger partial charge on any atom is 0.266 e. The summed E-state index contributed by atoms with van der Waals surface area (Å²) in [5, 5.41) is 2.34. The molecular formula is C11H13NO4S. The predicted molar refractivity (Wildman–Crippen MR) is 64.9 cm³/mol. The van der Waals surface area contributed by atoms with Gasteiger partial charge < -0.3 is 5.32 Å². The van der Waals surface area contributed by atoms with E-state index in [1.165, 1.54) is 6.08 Å². The zero-order valence-electron chi connectivity index (χ0n) is 9.04. The van der Waals surface area contributed by atoms with Crippen LogP contribution in [0.15, 0.2) is 36.4 Å². The van der Waals surface area contributed by atoms with Crippen LogP contribution in [0.25, 0.3) is 6.08 Å². The van der Waals surface area contributed by atoms with E-state index >= 15 is 0 Å². The highest BCUT2D eigenvalue weighted by atomic mass is 32.2. The molecule has 0 aliphatic heterocycles. The van der Waals surface area contributed by atoms with E-state index in [1.807, 2.05) is 30.3 Å². The minimum absolute atomic E-state index is 0.114. The van der Waals surface area contributed by atoms with Gasteiger partial charge in [0.05, 0.1) is 5.75 Å². The average Bonchev–Trinajstić information content (AvgIpc) is 2.26. The van der Waals surface area contributed by atoms with Gasteiger partial charge in [-0.25, -0.2) is 0 Å². The van der Waals surface area contributed by atoms with Crippen LogP contribution in [0, 0.1) is 0 Å². The zero-order valence-corrected chi connectivity index (χ0v) is 9.85. The molecule has 17 heavy (non-hydrogen) atoms. The Hall–Kier alpha value is -1.66. The Morgan fingerprint density at radius 1 is 1.29 bits per heavy atom. The molecule has 5 nitrogen and oxygen atoms in total. The highest BCUT2D eigenvalue weighted by Gasteiger charge is 2.04. The lowest BCUT2D eigenvalue weighted by atomic mass is 10.2. The first-order valence-electron chi connectivity index (χ1n) is 4.93. The molecule has 0 spiro atoms. The summed E-state index contributed by atoms with van der Waals surface area (Å²) in [6.45, 7) is -0.114. The third-order valence-corrected chi connectivity index (χ3v) is 2.61. The molecule has 0 aromatic heterocycles. The van der Waals surface area contributed by atoms with E-state index in [-0.39, 0.29) is 6.54 Å². The standard InChI is InChI=1S/C11H13NO4S/c13-11(12-8-9-17(14,15)16)7-6-10-4-2-1-3-5-10/h1-7H,8-9H2,(H,12,13)(H,14,15,16). The van der Waals surface area contributed by atoms with Gasteiger partial charge in [-0.3, -0.25) is 9.35 Å². The zero-order chi connectivity index (χ0) is 12.7. The Morgan fingerprint density at radius 2 is 1.94 bits per heavy atom. The Morgan fingerprint density at radius 3 is 2.53 bits per heavy atom. The van der Waals surface area contributed by atoms with Crippen LogP contribution in [0.3, 0.4) is 0 Å². The molecule has 0 aliphatic carbocycles. The van der Waals surface area contributed by atoms with Crippen LogP contribution in [0.5, 0.6) is 0 Å². The number of rotatable bonds is 5. The van der Waals surface area contributed by atoms with E-state index in [1.54, 1.807) is 6.08 Å². The van der Waals surface area contributed by atoms with E-state index in [0.29, 0.717) is 0 Å². The second-order valence-electron chi connectivity index (χ2n) is 3.32. The Balaban J connectivity index is 2.38. The molecule has 1 aromatic rings. The molecule has 2 N–H and O–H groups in total. The van der Waals surface area contributed by atoms with Crippen LogP contribution >= 0.6 is 0 Å². The van der Waals surface area contributed by atoms with Crippen molar-refractivity contribution in [1.82, 2.24) is 5.32 Å². The van der Waals surface area contributed by atoms with Crippen molar-refractivity contribution < 1.29 is 17.8 Å². The van der Waals surface area contributed by atoms with Crippen molar-refractivity contribution in [3.63, 3.8) is 0 Å². The van der Waals surface area contributed by atoms with Gasteiger partial charge in [-0.2, -0.15) is 8.42 Å². The molecule has 0 saturated carbocycles. The van der Waals surface area contributed by atoms with Crippen molar-refractivity contribution >= 4 is 22.1 Å². The van der Waals surface area contributed by atoms with Crippen molar-refractivity contribution in [3.05, 3.63) is 42.0 Å². The fourth-order valence-electron chi connectivity index (χ4n) is 1.10. The summed E-state index contributed by atoms with van der Waals surface area (Å²) in [5.41, 5.74) is 0.873. The van der Waals surface area contributed by atoms with Crippen LogP contribution in [0.2, 0.25) is 0 Å². The van der Waals surface area contributed by atoms with Gasteiger partial charge in [-0.1, -0.05) is 30.3 Å². The molecule has 0 radical (unpaired) electrons. The summed E-state index contributed by atoms with van der Waals surface area (Å²) in [7, 11) is -4.03. The Kier molecular flexibility index (Phi) is 4.86. The van der Waals surface area contributed by atoms with Gasteiger partial charge in [-0.05, 0) is 11.6 Å². The largest absolute Gasteiger partial charge is 0.351 e.